The maximum Gasteiger partial charge on any atom is 0.270 e. The van der Waals surface area contributed by atoms with Gasteiger partial charge in [0.2, 0.25) is 0 Å². The van der Waals surface area contributed by atoms with Gasteiger partial charge in [0, 0.05) is 6.20 Å². The summed E-state index contributed by atoms with van der Waals surface area (Å²) in [5, 5.41) is 12.5. The lowest BCUT2D eigenvalue weighted by atomic mass is 10.1. The Balaban J connectivity index is 1.82. The zero-order valence-electron chi connectivity index (χ0n) is 16.4. The van der Waals surface area contributed by atoms with Gasteiger partial charge < -0.3 is 15.2 Å². The van der Waals surface area contributed by atoms with Crippen molar-refractivity contribution in [3.63, 3.8) is 0 Å². The van der Waals surface area contributed by atoms with E-state index in [0.29, 0.717) is 29.4 Å². The lowest BCUT2D eigenvalue weighted by Crippen LogP contribution is -2.38. The number of aryl methyl sites for hydroxylation is 1. The summed E-state index contributed by atoms with van der Waals surface area (Å²) in [7, 11) is 0. The Hall–Kier alpha value is -2.86. The number of hydrogen-bond acceptors (Lipinski definition) is 4. The number of unbranched alkanes of at least 4 members (excludes halogenated alkanes) is 1. The third-order valence-electron chi connectivity index (χ3n) is 4.70. The Morgan fingerprint density at radius 1 is 1.25 bits per heavy atom. The number of rotatable bonds is 9. The summed E-state index contributed by atoms with van der Waals surface area (Å²) >= 11 is 0. The Kier molecular flexibility index (Phi) is 6.66. The highest BCUT2D eigenvalue weighted by molar-refractivity contribution is 5.95. The number of aromatic nitrogens is 2. The SMILES string of the molecule is CCCCC(CO)NC(=O)c1c(C)nc2c(OCc3ccccc3)cccn12. The van der Waals surface area contributed by atoms with E-state index in [1.54, 1.807) is 10.6 Å². The molecule has 2 heterocycles. The maximum atomic E-state index is 12.8. The van der Waals surface area contributed by atoms with Crippen molar-refractivity contribution in [1.82, 2.24) is 14.7 Å². The van der Waals surface area contributed by atoms with Crippen LogP contribution >= 0.6 is 0 Å². The first-order valence-electron chi connectivity index (χ1n) is 9.70. The van der Waals surface area contributed by atoms with Gasteiger partial charge >= 0.3 is 0 Å². The lowest BCUT2D eigenvalue weighted by molar-refractivity contribution is 0.0905. The number of amides is 1. The predicted molar refractivity (Wildman–Crippen MR) is 109 cm³/mol. The van der Waals surface area contributed by atoms with Gasteiger partial charge in [-0.05, 0) is 31.0 Å². The molecule has 2 N–H and O–H groups in total. The van der Waals surface area contributed by atoms with Crippen LogP contribution in [0.1, 0.15) is 47.9 Å². The number of aliphatic hydroxyl groups excluding tert-OH is 1. The molecule has 148 valence electrons. The minimum absolute atomic E-state index is 0.0764. The number of aliphatic hydroxyl groups is 1. The molecule has 0 aliphatic rings. The summed E-state index contributed by atoms with van der Waals surface area (Å²) < 4.78 is 7.70. The van der Waals surface area contributed by atoms with Crippen molar-refractivity contribution in [2.24, 2.45) is 0 Å². The number of imidazole rings is 1. The number of nitrogens with zero attached hydrogens (tertiary/aromatic N) is 2. The zero-order valence-corrected chi connectivity index (χ0v) is 16.4. The van der Waals surface area contributed by atoms with E-state index < -0.39 is 0 Å². The van der Waals surface area contributed by atoms with Crippen LogP contribution in [0.3, 0.4) is 0 Å². The molecule has 6 nitrogen and oxygen atoms in total. The topological polar surface area (TPSA) is 75.9 Å². The molecule has 0 spiro atoms. The van der Waals surface area contributed by atoms with Crippen LogP contribution in [0.4, 0.5) is 0 Å². The van der Waals surface area contributed by atoms with Crippen molar-refractivity contribution in [2.45, 2.75) is 45.8 Å². The van der Waals surface area contributed by atoms with E-state index >= 15 is 0 Å². The second-order valence-electron chi connectivity index (χ2n) is 6.88. The highest BCUT2D eigenvalue weighted by Crippen LogP contribution is 2.23. The van der Waals surface area contributed by atoms with Crippen molar-refractivity contribution in [3.8, 4) is 5.75 Å². The third kappa shape index (κ3) is 4.51. The average Bonchev–Trinajstić information content (AvgIpc) is 3.06. The van der Waals surface area contributed by atoms with Gasteiger partial charge in [-0.15, -0.1) is 0 Å². The summed E-state index contributed by atoms with van der Waals surface area (Å²) in [6.45, 7) is 4.25. The van der Waals surface area contributed by atoms with Crippen LogP contribution in [-0.4, -0.2) is 33.0 Å². The van der Waals surface area contributed by atoms with E-state index in [4.69, 9.17) is 4.74 Å². The minimum atomic E-state index is -0.255. The highest BCUT2D eigenvalue weighted by Gasteiger charge is 2.21. The molecule has 1 unspecified atom stereocenters. The summed E-state index contributed by atoms with van der Waals surface area (Å²) in [5.41, 5.74) is 2.76. The minimum Gasteiger partial charge on any atom is -0.485 e. The first-order chi connectivity index (χ1) is 13.6. The van der Waals surface area contributed by atoms with Gasteiger partial charge in [-0.2, -0.15) is 0 Å². The number of carbonyl (C=O) groups is 1. The summed E-state index contributed by atoms with van der Waals surface area (Å²) in [6.07, 6.45) is 4.53. The Morgan fingerprint density at radius 3 is 2.75 bits per heavy atom. The van der Waals surface area contributed by atoms with Gasteiger partial charge in [0.1, 0.15) is 12.3 Å². The van der Waals surface area contributed by atoms with Crippen LogP contribution in [0.5, 0.6) is 5.75 Å². The molecule has 2 aromatic heterocycles. The standard InChI is InChI=1S/C22H27N3O3/c1-3-4-11-18(14-26)24-22(27)20-16(2)23-21-19(12-8-13-25(20)21)28-15-17-9-6-5-7-10-17/h5-10,12-13,18,26H,3-4,11,14-15H2,1-2H3,(H,24,27). The number of hydrogen-bond donors (Lipinski definition) is 2. The molecule has 0 aliphatic carbocycles. The van der Waals surface area contributed by atoms with Crippen LogP contribution in [0.2, 0.25) is 0 Å². The van der Waals surface area contributed by atoms with Crippen LogP contribution in [0.15, 0.2) is 48.7 Å². The first kappa shape index (κ1) is 19.9. The third-order valence-corrected chi connectivity index (χ3v) is 4.70. The Morgan fingerprint density at radius 2 is 2.04 bits per heavy atom. The van der Waals surface area contributed by atoms with Crippen molar-refractivity contribution in [1.29, 1.82) is 0 Å². The maximum absolute atomic E-state index is 12.8. The normalized spacial score (nSPS) is 12.1. The zero-order chi connectivity index (χ0) is 19.9. The second kappa shape index (κ2) is 9.37. The molecule has 0 aliphatic heterocycles. The highest BCUT2D eigenvalue weighted by atomic mass is 16.5. The fourth-order valence-corrected chi connectivity index (χ4v) is 3.19. The smallest absolute Gasteiger partial charge is 0.270 e. The van der Waals surface area contributed by atoms with Gasteiger partial charge in [-0.25, -0.2) is 4.98 Å². The monoisotopic (exact) mass is 381 g/mol. The second-order valence-corrected chi connectivity index (χ2v) is 6.88. The molecular formula is C22H27N3O3. The van der Waals surface area contributed by atoms with E-state index in [1.165, 1.54) is 0 Å². The largest absolute Gasteiger partial charge is 0.485 e. The fourth-order valence-electron chi connectivity index (χ4n) is 3.19. The molecule has 0 fully saturated rings. The molecule has 1 aromatic carbocycles. The van der Waals surface area contributed by atoms with E-state index in [2.05, 4.69) is 17.2 Å². The van der Waals surface area contributed by atoms with Crippen LogP contribution in [0, 0.1) is 6.92 Å². The summed E-state index contributed by atoms with van der Waals surface area (Å²) in [4.78, 5) is 17.4. The van der Waals surface area contributed by atoms with E-state index in [-0.39, 0.29) is 18.6 Å². The fraction of sp³-hybridized carbons (Fsp3) is 0.364. The number of benzene rings is 1. The molecule has 0 saturated carbocycles. The number of nitrogens with one attached hydrogen (secondary N) is 1. The van der Waals surface area contributed by atoms with Crippen LogP contribution in [0.25, 0.3) is 5.65 Å². The summed E-state index contributed by atoms with van der Waals surface area (Å²) in [6, 6.07) is 13.3. The summed E-state index contributed by atoms with van der Waals surface area (Å²) in [5.74, 6) is 0.388. The molecule has 28 heavy (non-hydrogen) atoms. The predicted octanol–water partition coefficient (Wildman–Crippen LogP) is 3.50. The molecule has 0 radical (unpaired) electrons. The van der Waals surface area contributed by atoms with Crippen molar-refractivity contribution in [2.75, 3.05) is 6.61 Å². The molecule has 0 saturated heterocycles. The number of fused-ring (bicyclic) bond motifs is 1. The van der Waals surface area contributed by atoms with Gasteiger partial charge in [-0.3, -0.25) is 9.20 Å². The number of carbonyl (C=O) groups excluding carboxylic acids is 1. The van der Waals surface area contributed by atoms with E-state index in [9.17, 15) is 9.90 Å². The lowest BCUT2D eigenvalue weighted by Gasteiger charge is -2.16. The van der Waals surface area contributed by atoms with Crippen molar-refractivity contribution < 1.29 is 14.6 Å². The molecule has 3 rings (SSSR count). The molecule has 6 heteroatoms. The van der Waals surface area contributed by atoms with Gasteiger partial charge in [-0.1, -0.05) is 50.1 Å². The Labute approximate surface area is 165 Å². The van der Waals surface area contributed by atoms with Crippen molar-refractivity contribution in [3.05, 3.63) is 65.6 Å². The van der Waals surface area contributed by atoms with Gasteiger partial charge in [0.25, 0.3) is 5.91 Å². The molecular weight excluding hydrogens is 354 g/mol. The van der Waals surface area contributed by atoms with Gasteiger partial charge in [0.15, 0.2) is 11.4 Å². The number of pyridine rings is 1. The Bertz CT molecular complexity index is 921. The quantitative estimate of drug-likeness (QED) is 0.595. The van der Waals surface area contributed by atoms with Crippen molar-refractivity contribution >= 4 is 11.6 Å². The van der Waals surface area contributed by atoms with Crippen LogP contribution < -0.4 is 10.1 Å². The average molecular weight is 381 g/mol. The van der Waals surface area contributed by atoms with Crippen LogP contribution in [-0.2, 0) is 6.61 Å². The van der Waals surface area contributed by atoms with E-state index in [0.717, 1.165) is 24.8 Å². The molecule has 1 amide bonds. The first-order valence-corrected chi connectivity index (χ1v) is 9.70. The number of ether oxygens (including phenoxy) is 1. The molecule has 1 atom stereocenters. The molecule has 3 aromatic rings. The van der Waals surface area contributed by atoms with Gasteiger partial charge in [0.05, 0.1) is 18.3 Å². The van der Waals surface area contributed by atoms with E-state index in [1.807, 2.05) is 49.4 Å². The molecule has 0 bridgehead atoms.